The van der Waals surface area contributed by atoms with E-state index in [1.54, 1.807) is 47.6 Å². The second kappa shape index (κ2) is 9.02. The van der Waals surface area contributed by atoms with Gasteiger partial charge in [-0.15, -0.1) is 0 Å². The smallest absolute Gasteiger partial charge is 0.294 e. The first-order valence-electron chi connectivity index (χ1n) is 9.73. The highest BCUT2D eigenvalue weighted by Crippen LogP contribution is 2.34. The van der Waals surface area contributed by atoms with Gasteiger partial charge in [-0.1, -0.05) is 29.8 Å². The Bertz CT molecular complexity index is 994. The van der Waals surface area contributed by atoms with E-state index in [4.69, 9.17) is 11.6 Å². The summed E-state index contributed by atoms with van der Waals surface area (Å²) in [5.74, 6) is -0.665. The van der Waals surface area contributed by atoms with Gasteiger partial charge in [-0.3, -0.25) is 24.3 Å². The van der Waals surface area contributed by atoms with Gasteiger partial charge in [-0.2, -0.15) is 0 Å². The highest BCUT2D eigenvalue weighted by Gasteiger charge is 2.38. The molecular formula is C22H20ClN3O3S. The van der Waals surface area contributed by atoms with Gasteiger partial charge in [0.25, 0.3) is 11.1 Å². The predicted octanol–water partition coefficient (Wildman–Crippen LogP) is 4.53. The van der Waals surface area contributed by atoms with Crippen molar-refractivity contribution in [2.75, 3.05) is 13.1 Å². The lowest BCUT2D eigenvalue weighted by Gasteiger charge is -2.36. The topological polar surface area (TPSA) is 70.6 Å². The van der Waals surface area contributed by atoms with Crippen LogP contribution in [0.3, 0.4) is 0 Å². The average molecular weight is 442 g/mol. The van der Waals surface area contributed by atoms with Gasteiger partial charge in [-0.05, 0) is 66.4 Å². The summed E-state index contributed by atoms with van der Waals surface area (Å²) in [4.78, 5) is 45.5. The first kappa shape index (κ1) is 20.6. The molecule has 8 heteroatoms. The molecule has 2 fully saturated rings. The molecule has 1 aromatic heterocycles. The molecule has 3 heterocycles. The zero-order valence-electron chi connectivity index (χ0n) is 16.2. The molecule has 2 saturated heterocycles. The summed E-state index contributed by atoms with van der Waals surface area (Å²) in [6.07, 6.45) is 7.88. The van der Waals surface area contributed by atoms with Crippen molar-refractivity contribution in [3.05, 3.63) is 69.8 Å². The van der Waals surface area contributed by atoms with E-state index in [0.29, 0.717) is 16.5 Å². The first-order chi connectivity index (χ1) is 14.5. The maximum Gasteiger partial charge on any atom is 0.294 e. The molecule has 0 N–H and O–H groups in total. The molecule has 6 nitrogen and oxygen atoms in total. The summed E-state index contributed by atoms with van der Waals surface area (Å²) < 4.78 is 0. The van der Waals surface area contributed by atoms with E-state index in [-0.39, 0.29) is 18.5 Å². The van der Waals surface area contributed by atoms with E-state index in [9.17, 15) is 14.4 Å². The number of hydrogen-bond donors (Lipinski definition) is 0. The van der Waals surface area contributed by atoms with Crippen LogP contribution in [0.2, 0.25) is 5.02 Å². The summed E-state index contributed by atoms with van der Waals surface area (Å²) in [5, 5.41) is 0.166. The minimum Gasteiger partial charge on any atom is -0.334 e. The number of hydrogen-bond acceptors (Lipinski definition) is 5. The number of amides is 3. The molecule has 154 valence electrons. The molecule has 0 saturated carbocycles. The second-order valence-corrected chi connectivity index (χ2v) is 8.63. The molecule has 0 radical (unpaired) electrons. The minimum atomic E-state index is -0.441. The number of thioether (sulfide) groups is 1. The minimum absolute atomic E-state index is 0.0792. The van der Waals surface area contributed by atoms with Crippen molar-refractivity contribution in [2.45, 2.75) is 25.3 Å². The fraction of sp³-hybridized carbons (Fsp3) is 0.273. The summed E-state index contributed by atoms with van der Waals surface area (Å²) in [6.45, 7) is 0.356. The van der Waals surface area contributed by atoms with Crippen molar-refractivity contribution < 1.29 is 14.4 Å². The second-order valence-electron chi connectivity index (χ2n) is 7.20. The lowest BCUT2D eigenvalue weighted by atomic mass is 9.96. The van der Waals surface area contributed by atoms with Crippen LogP contribution in [-0.2, 0) is 9.59 Å². The summed E-state index contributed by atoms with van der Waals surface area (Å²) in [6, 6.07) is 10.7. The van der Waals surface area contributed by atoms with Crippen molar-refractivity contribution in [3.63, 3.8) is 0 Å². The fourth-order valence-electron chi connectivity index (χ4n) is 3.72. The Kier molecular flexibility index (Phi) is 6.20. The largest absolute Gasteiger partial charge is 0.334 e. The highest BCUT2D eigenvalue weighted by atomic mass is 35.5. The van der Waals surface area contributed by atoms with Gasteiger partial charge in [0.2, 0.25) is 5.91 Å². The fourth-order valence-corrected chi connectivity index (χ4v) is 4.69. The van der Waals surface area contributed by atoms with Crippen LogP contribution in [0.4, 0.5) is 4.79 Å². The summed E-state index contributed by atoms with van der Waals surface area (Å²) in [5.41, 5.74) is 1.74. The Balaban J connectivity index is 1.49. The molecule has 4 rings (SSSR count). The van der Waals surface area contributed by atoms with Crippen molar-refractivity contribution in [1.29, 1.82) is 0 Å². The Morgan fingerprint density at radius 3 is 2.73 bits per heavy atom. The van der Waals surface area contributed by atoms with E-state index >= 15 is 0 Å². The van der Waals surface area contributed by atoms with Gasteiger partial charge in [0.15, 0.2) is 0 Å². The van der Waals surface area contributed by atoms with Crippen LogP contribution < -0.4 is 0 Å². The molecule has 0 bridgehead atoms. The van der Waals surface area contributed by atoms with Crippen molar-refractivity contribution >= 4 is 46.5 Å². The number of benzene rings is 1. The number of aromatic nitrogens is 1. The van der Waals surface area contributed by atoms with Gasteiger partial charge < -0.3 is 4.90 Å². The Morgan fingerprint density at radius 2 is 2.00 bits per heavy atom. The number of rotatable bonds is 4. The van der Waals surface area contributed by atoms with Crippen LogP contribution in [0, 0.1) is 0 Å². The number of piperidine rings is 1. The summed E-state index contributed by atoms with van der Waals surface area (Å²) >= 11 is 6.74. The van der Waals surface area contributed by atoms with Crippen LogP contribution in [-0.4, -0.2) is 44.9 Å². The summed E-state index contributed by atoms with van der Waals surface area (Å²) in [7, 11) is 0. The predicted molar refractivity (Wildman–Crippen MR) is 117 cm³/mol. The Labute approximate surface area is 183 Å². The molecule has 1 atom stereocenters. The molecule has 30 heavy (non-hydrogen) atoms. The maximum absolute atomic E-state index is 13.0. The third-order valence-electron chi connectivity index (χ3n) is 5.23. The molecule has 0 spiro atoms. The SMILES string of the molecule is O=C1S/C(=C/c2ccc(Cl)cc2)C(=O)N1CC(=O)N1CCCC[C@@H]1c1cccnc1. The van der Waals surface area contributed by atoms with Gasteiger partial charge in [-0.25, -0.2) is 0 Å². The van der Waals surface area contributed by atoms with Gasteiger partial charge in [0, 0.05) is 24.0 Å². The number of carbonyl (C=O) groups is 3. The van der Waals surface area contributed by atoms with Crippen LogP contribution >= 0.6 is 23.4 Å². The monoisotopic (exact) mass is 441 g/mol. The zero-order chi connectivity index (χ0) is 21.1. The maximum atomic E-state index is 13.0. The molecule has 2 aromatic rings. The van der Waals surface area contributed by atoms with Crippen LogP contribution in [0.5, 0.6) is 0 Å². The Hall–Kier alpha value is -2.64. The van der Waals surface area contributed by atoms with E-state index in [2.05, 4.69) is 4.98 Å². The molecular weight excluding hydrogens is 422 g/mol. The highest BCUT2D eigenvalue weighted by molar-refractivity contribution is 8.18. The van der Waals surface area contributed by atoms with E-state index < -0.39 is 11.1 Å². The Morgan fingerprint density at radius 1 is 1.20 bits per heavy atom. The molecule has 0 aliphatic carbocycles. The number of pyridine rings is 1. The number of halogens is 1. The molecule has 2 aliphatic rings. The normalized spacial score (nSPS) is 20.8. The number of likely N-dealkylation sites (tertiary alicyclic amines) is 1. The van der Waals surface area contributed by atoms with E-state index in [1.165, 1.54) is 0 Å². The molecule has 1 aromatic carbocycles. The van der Waals surface area contributed by atoms with Crippen LogP contribution in [0.1, 0.15) is 36.4 Å². The van der Waals surface area contributed by atoms with Crippen molar-refractivity contribution in [3.8, 4) is 0 Å². The zero-order valence-corrected chi connectivity index (χ0v) is 17.7. The number of imide groups is 1. The van der Waals surface area contributed by atoms with Crippen LogP contribution in [0.25, 0.3) is 6.08 Å². The number of nitrogens with zero attached hydrogens (tertiary/aromatic N) is 3. The van der Waals surface area contributed by atoms with Gasteiger partial charge in [0.05, 0.1) is 10.9 Å². The molecule has 2 aliphatic heterocycles. The average Bonchev–Trinajstić information content (AvgIpc) is 3.03. The van der Waals surface area contributed by atoms with E-state index in [0.717, 1.165) is 47.1 Å². The van der Waals surface area contributed by atoms with Gasteiger partial charge >= 0.3 is 0 Å². The third kappa shape index (κ3) is 4.42. The first-order valence-corrected chi connectivity index (χ1v) is 10.9. The lowest BCUT2D eigenvalue weighted by Crippen LogP contribution is -2.45. The number of carbonyl (C=O) groups excluding carboxylic acids is 3. The lowest BCUT2D eigenvalue weighted by molar-refractivity contribution is -0.138. The van der Waals surface area contributed by atoms with E-state index in [1.807, 2.05) is 12.1 Å². The standard InChI is InChI=1S/C22H20ClN3O3S/c23-17-8-6-15(7-9-17)12-19-21(28)26(22(29)30-19)14-20(27)25-11-2-1-5-18(25)16-4-3-10-24-13-16/h3-4,6-10,12-13,18H,1-2,5,11,14H2/b19-12+/t18-/m1/s1. The van der Waals surface area contributed by atoms with Crippen molar-refractivity contribution in [1.82, 2.24) is 14.8 Å². The van der Waals surface area contributed by atoms with Gasteiger partial charge in [0.1, 0.15) is 6.54 Å². The third-order valence-corrected chi connectivity index (χ3v) is 6.39. The van der Waals surface area contributed by atoms with Crippen molar-refractivity contribution in [2.24, 2.45) is 0 Å². The van der Waals surface area contributed by atoms with Crippen LogP contribution in [0.15, 0.2) is 53.7 Å². The molecule has 0 unspecified atom stereocenters. The quantitative estimate of drug-likeness (QED) is 0.652. The molecule has 3 amide bonds.